The van der Waals surface area contributed by atoms with Gasteiger partial charge in [0, 0.05) is 31.7 Å². The first-order valence-corrected chi connectivity index (χ1v) is 8.48. The van der Waals surface area contributed by atoms with E-state index in [1.54, 1.807) is 11.9 Å². The van der Waals surface area contributed by atoms with E-state index in [-0.39, 0.29) is 11.3 Å². The Hall–Kier alpha value is -1.12. The van der Waals surface area contributed by atoms with Gasteiger partial charge in [-0.05, 0) is 33.2 Å². The fraction of sp³-hybridized carbons (Fsp3) is 0.882. The van der Waals surface area contributed by atoms with Gasteiger partial charge in [-0.2, -0.15) is 5.26 Å². The van der Waals surface area contributed by atoms with Gasteiger partial charge in [0.2, 0.25) is 5.91 Å². The zero-order valence-corrected chi connectivity index (χ0v) is 14.2. The lowest BCUT2D eigenvalue weighted by molar-refractivity contribution is -0.164. The summed E-state index contributed by atoms with van der Waals surface area (Å²) >= 11 is 0. The van der Waals surface area contributed by atoms with Crippen molar-refractivity contribution in [2.75, 3.05) is 33.8 Å². The third-order valence-electron chi connectivity index (χ3n) is 5.55. The molecule has 0 radical (unpaired) electrons. The van der Waals surface area contributed by atoms with Gasteiger partial charge < -0.3 is 9.64 Å². The number of hydrogen-bond donors (Lipinski definition) is 0. The average molecular weight is 307 g/mol. The van der Waals surface area contributed by atoms with Crippen LogP contribution in [0, 0.1) is 16.7 Å². The predicted octanol–water partition coefficient (Wildman–Crippen LogP) is 2.03. The van der Waals surface area contributed by atoms with Crippen LogP contribution in [0.25, 0.3) is 0 Å². The minimum atomic E-state index is 0.103. The highest BCUT2D eigenvalue weighted by molar-refractivity contribution is 5.78. The maximum atomic E-state index is 12.3. The lowest BCUT2D eigenvalue weighted by atomic mass is 9.60. The van der Waals surface area contributed by atoms with Crippen LogP contribution in [0.2, 0.25) is 0 Å². The molecule has 1 spiro atoms. The molecule has 22 heavy (non-hydrogen) atoms. The van der Waals surface area contributed by atoms with E-state index in [4.69, 9.17) is 10.00 Å². The van der Waals surface area contributed by atoms with Crippen LogP contribution in [0.3, 0.4) is 0 Å². The van der Waals surface area contributed by atoms with Crippen molar-refractivity contribution in [3.8, 4) is 6.07 Å². The van der Waals surface area contributed by atoms with Crippen molar-refractivity contribution in [3.63, 3.8) is 0 Å². The molecule has 2 atom stereocenters. The Kier molecular flexibility index (Phi) is 5.82. The Bertz CT molecular complexity index is 426. The first-order chi connectivity index (χ1) is 10.5. The van der Waals surface area contributed by atoms with E-state index in [2.05, 4.69) is 24.9 Å². The monoisotopic (exact) mass is 307 g/mol. The summed E-state index contributed by atoms with van der Waals surface area (Å²) in [5.74, 6) is 0.103. The number of carbonyl (C=O) groups is 1. The zero-order valence-electron chi connectivity index (χ0n) is 14.2. The molecule has 0 bridgehead atoms. The van der Waals surface area contributed by atoms with E-state index in [9.17, 15) is 4.79 Å². The maximum Gasteiger partial charge on any atom is 0.236 e. The molecular weight excluding hydrogens is 278 g/mol. The maximum absolute atomic E-state index is 12.3. The number of carbonyl (C=O) groups excluding carboxylic acids is 1. The summed E-state index contributed by atoms with van der Waals surface area (Å²) < 4.78 is 5.94. The van der Waals surface area contributed by atoms with E-state index < -0.39 is 0 Å². The van der Waals surface area contributed by atoms with Crippen LogP contribution in [0.1, 0.15) is 45.4 Å². The van der Waals surface area contributed by atoms with Crippen LogP contribution < -0.4 is 0 Å². The molecule has 1 amide bonds. The third-order valence-corrected chi connectivity index (χ3v) is 5.55. The second-order valence-electron chi connectivity index (χ2n) is 6.77. The second-order valence-corrected chi connectivity index (χ2v) is 6.77. The Morgan fingerprint density at radius 3 is 2.64 bits per heavy atom. The Morgan fingerprint density at radius 2 is 2.05 bits per heavy atom. The molecule has 2 fully saturated rings. The van der Waals surface area contributed by atoms with Gasteiger partial charge in [-0.3, -0.25) is 9.69 Å². The number of nitriles is 1. The quantitative estimate of drug-likeness (QED) is 0.722. The average Bonchev–Trinajstić information content (AvgIpc) is 3.00. The summed E-state index contributed by atoms with van der Waals surface area (Å²) in [6, 6.07) is 2.55. The molecular formula is C17H29N3O2. The summed E-state index contributed by atoms with van der Waals surface area (Å²) in [5, 5.41) is 8.62. The number of nitrogens with zero attached hydrogens (tertiary/aromatic N) is 3. The number of amides is 1. The summed E-state index contributed by atoms with van der Waals surface area (Å²) in [6.07, 6.45) is 6.83. The molecule has 0 aromatic heterocycles. The van der Waals surface area contributed by atoms with Gasteiger partial charge in [0.1, 0.15) is 0 Å². The second kappa shape index (κ2) is 7.43. The van der Waals surface area contributed by atoms with Crippen LogP contribution in [0.15, 0.2) is 0 Å². The molecule has 2 rings (SSSR count). The first-order valence-electron chi connectivity index (χ1n) is 8.48. The lowest BCUT2D eigenvalue weighted by Gasteiger charge is -2.57. The van der Waals surface area contributed by atoms with E-state index in [1.807, 2.05) is 0 Å². The molecule has 2 saturated carbocycles. The summed E-state index contributed by atoms with van der Waals surface area (Å²) in [7, 11) is 3.84. The largest absolute Gasteiger partial charge is 0.378 e. The lowest BCUT2D eigenvalue weighted by Crippen LogP contribution is -2.63. The van der Waals surface area contributed by atoms with Crippen LogP contribution in [-0.4, -0.2) is 61.6 Å². The Labute approximate surface area is 134 Å². The minimum Gasteiger partial charge on any atom is -0.378 e. The van der Waals surface area contributed by atoms with E-state index in [1.165, 1.54) is 25.7 Å². The van der Waals surface area contributed by atoms with Gasteiger partial charge in [0.05, 0.1) is 25.1 Å². The van der Waals surface area contributed by atoms with Crippen molar-refractivity contribution in [1.82, 2.24) is 9.80 Å². The van der Waals surface area contributed by atoms with Crippen LogP contribution in [-0.2, 0) is 9.53 Å². The fourth-order valence-corrected chi connectivity index (χ4v) is 4.26. The Morgan fingerprint density at radius 1 is 1.36 bits per heavy atom. The van der Waals surface area contributed by atoms with E-state index >= 15 is 0 Å². The molecule has 0 aromatic rings. The smallest absolute Gasteiger partial charge is 0.236 e. The van der Waals surface area contributed by atoms with Crippen molar-refractivity contribution in [3.05, 3.63) is 0 Å². The van der Waals surface area contributed by atoms with Crippen LogP contribution in [0.5, 0.6) is 0 Å². The number of ether oxygens (including phenoxy) is 1. The zero-order chi connectivity index (χ0) is 16.2. The van der Waals surface area contributed by atoms with Crippen LogP contribution in [0.4, 0.5) is 0 Å². The molecule has 0 aromatic carbocycles. The highest BCUT2D eigenvalue weighted by Crippen LogP contribution is 2.56. The third kappa shape index (κ3) is 3.28. The predicted molar refractivity (Wildman–Crippen MR) is 85.2 cm³/mol. The highest BCUT2D eigenvalue weighted by Gasteiger charge is 2.58. The fourth-order valence-electron chi connectivity index (χ4n) is 4.26. The highest BCUT2D eigenvalue weighted by atomic mass is 16.5. The van der Waals surface area contributed by atoms with Crippen LogP contribution >= 0.6 is 0 Å². The molecule has 5 nitrogen and oxygen atoms in total. The number of likely N-dealkylation sites (N-methyl/N-ethyl adjacent to an activating group) is 2. The molecule has 0 aliphatic heterocycles. The van der Waals surface area contributed by atoms with E-state index in [0.29, 0.717) is 31.7 Å². The van der Waals surface area contributed by atoms with Crippen molar-refractivity contribution < 1.29 is 9.53 Å². The molecule has 0 N–H and O–H groups in total. The summed E-state index contributed by atoms with van der Waals surface area (Å²) in [4.78, 5) is 16.1. The summed E-state index contributed by atoms with van der Waals surface area (Å²) in [5.41, 5.74) is 0.274. The number of hydrogen-bond acceptors (Lipinski definition) is 4. The molecule has 0 unspecified atom stereocenters. The topological polar surface area (TPSA) is 56.6 Å². The standard InChI is InChI=1S/C17H29N3O2/c1-4-22-15-12-14(17(15)8-5-6-9-17)20(3)13-16(21)19(2)11-7-10-18/h14-15H,4-9,11-13H2,1-3H3/t14-,15+/m0/s1. The van der Waals surface area contributed by atoms with Gasteiger partial charge in [-0.25, -0.2) is 0 Å². The molecule has 0 saturated heterocycles. The van der Waals surface area contributed by atoms with Gasteiger partial charge in [-0.1, -0.05) is 12.8 Å². The molecule has 124 valence electrons. The Balaban J connectivity index is 1.91. The molecule has 2 aliphatic carbocycles. The molecule has 5 heteroatoms. The van der Waals surface area contributed by atoms with Crippen molar-refractivity contribution in [2.45, 2.75) is 57.6 Å². The number of rotatable bonds is 7. The molecule has 0 heterocycles. The van der Waals surface area contributed by atoms with Gasteiger partial charge >= 0.3 is 0 Å². The van der Waals surface area contributed by atoms with Gasteiger partial charge in [0.25, 0.3) is 0 Å². The van der Waals surface area contributed by atoms with Crippen molar-refractivity contribution in [2.24, 2.45) is 5.41 Å². The summed E-state index contributed by atoms with van der Waals surface area (Å²) in [6.45, 7) is 3.79. The van der Waals surface area contributed by atoms with E-state index in [0.717, 1.165) is 13.0 Å². The van der Waals surface area contributed by atoms with Gasteiger partial charge in [0.15, 0.2) is 0 Å². The molecule has 2 aliphatic rings. The minimum absolute atomic E-state index is 0.103. The van der Waals surface area contributed by atoms with Crippen molar-refractivity contribution in [1.29, 1.82) is 5.26 Å². The van der Waals surface area contributed by atoms with Gasteiger partial charge in [-0.15, -0.1) is 0 Å². The van der Waals surface area contributed by atoms with Crippen molar-refractivity contribution >= 4 is 5.91 Å². The first kappa shape index (κ1) is 17.2. The normalized spacial score (nSPS) is 26.0. The SMILES string of the molecule is CCO[C@@H]1C[C@H](N(C)CC(=O)N(C)CCC#N)C12CCCC2.